The molecule has 1 fully saturated rings. The Morgan fingerprint density at radius 2 is 1.75 bits per heavy atom. The van der Waals surface area contributed by atoms with Crippen LogP contribution >= 0.6 is 23.2 Å². The van der Waals surface area contributed by atoms with Crippen molar-refractivity contribution in [3.8, 4) is 0 Å². The Labute approximate surface area is 129 Å². The minimum Gasteiger partial charge on any atom is -0.373 e. The molecule has 0 aliphatic carbocycles. The molecule has 0 saturated carbocycles. The molecule has 2 aromatic rings. The highest BCUT2D eigenvalue weighted by atomic mass is 35.5. The van der Waals surface area contributed by atoms with Crippen LogP contribution in [0.25, 0.3) is 0 Å². The summed E-state index contributed by atoms with van der Waals surface area (Å²) in [7, 11) is 0. The van der Waals surface area contributed by atoms with Crippen molar-refractivity contribution in [2.75, 3.05) is 6.61 Å². The van der Waals surface area contributed by atoms with Gasteiger partial charge < -0.3 is 4.74 Å². The van der Waals surface area contributed by atoms with Gasteiger partial charge in [0.15, 0.2) is 0 Å². The van der Waals surface area contributed by atoms with Crippen LogP contribution in [0.4, 0.5) is 0 Å². The molecule has 3 atom stereocenters. The van der Waals surface area contributed by atoms with E-state index in [2.05, 4.69) is 31.2 Å². The molecule has 104 valence electrons. The number of benzene rings is 2. The summed E-state index contributed by atoms with van der Waals surface area (Å²) < 4.78 is 6.01. The van der Waals surface area contributed by atoms with E-state index in [1.165, 1.54) is 5.56 Å². The van der Waals surface area contributed by atoms with Gasteiger partial charge in [0.2, 0.25) is 0 Å². The van der Waals surface area contributed by atoms with Gasteiger partial charge in [0.1, 0.15) is 0 Å². The summed E-state index contributed by atoms with van der Waals surface area (Å²) >= 11 is 12.5. The first-order valence-electron chi connectivity index (χ1n) is 6.79. The Kier molecular flexibility index (Phi) is 4.02. The van der Waals surface area contributed by atoms with Gasteiger partial charge in [-0.15, -0.1) is 0 Å². The number of halogens is 2. The monoisotopic (exact) mass is 306 g/mol. The van der Waals surface area contributed by atoms with E-state index in [-0.39, 0.29) is 6.10 Å². The fraction of sp³-hybridized carbons (Fsp3) is 0.294. The van der Waals surface area contributed by atoms with E-state index in [1.54, 1.807) is 0 Å². The van der Waals surface area contributed by atoms with Crippen molar-refractivity contribution < 1.29 is 4.74 Å². The normalized spacial score (nSPS) is 25.9. The summed E-state index contributed by atoms with van der Waals surface area (Å²) in [5.41, 5.74) is 2.27. The Bertz CT molecular complexity index is 597. The van der Waals surface area contributed by atoms with E-state index in [0.717, 1.165) is 12.2 Å². The summed E-state index contributed by atoms with van der Waals surface area (Å²) in [5.74, 6) is 0.768. The molecule has 1 aliphatic heterocycles. The first kappa shape index (κ1) is 13.9. The first-order valence-corrected chi connectivity index (χ1v) is 7.54. The van der Waals surface area contributed by atoms with E-state index in [0.29, 0.717) is 21.9 Å². The summed E-state index contributed by atoms with van der Waals surface area (Å²) in [4.78, 5) is 0. The zero-order valence-electron chi connectivity index (χ0n) is 11.2. The van der Waals surface area contributed by atoms with Crippen molar-refractivity contribution in [2.24, 2.45) is 5.92 Å². The van der Waals surface area contributed by atoms with Gasteiger partial charge in [-0.2, -0.15) is 0 Å². The molecule has 3 unspecified atom stereocenters. The number of ether oxygens (including phenoxy) is 1. The molecule has 1 saturated heterocycles. The molecular weight excluding hydrogens is 291 g/mol. The van der Waals surface area contributed by atoms with Crippen LogP contribution in [-0.2, 0) is 4.74 Å². The molecule has 0 N–H and O–H groups in total. The van der Waals surface area contributed by atoms with Crippen molar-refractivity contribution in [3.05, 3.63) is 69.7 Å². The molecule has 1 heterocycles. The van der Waals surface area contributed by atoms with E-state index in [9.17, 15) is 0 Å². The Morgan fingerprint density at radius 1 is 1.00 bits per heavy atom. The van der Waals surface area contributed by atoms with Crippen LogP contribution in [0.5, 0.6) is 0 Å². The van der Waals surface area contributed by atoms with Crippen LogP contribution in [0.15, 0.2) is 48.5 Å². The molecule has 20 heavy (non-hydrogen) atoms. The maximum absolute atomic E-state index is 6.36. The average molecular weight is 307 g/mol. The molecule has 1 aliphatic rings. The van der Waals surface area contributed by atoms with Crippen molar-refractivity contribution in [2.45, 2.75) is 18.9 Å². The van der Waals surface area contributed by atoms with E-state index >= 15 is 0 Å². The molecule has 0 aromatic heterocycles. The van der Waals surface area contributed by atoms with Crippen LogP contribution in [-0.4, -0.2) is 6.61 Å². The standard InChI is InChI=1S/C17H16Cl2O/c1-11-10-20-17(13-8-5-9-14(18)16(13)19)15(11)12-6-3-2-4-7-12/h2-9,11,15,17H,10H2,1H3. The molecule has 0 amide bonds. The predicted octanol–water partition coefficient (Wildman–Crippen LogP) is 5.48. The lowest BCUT2D eigenvalue weighted by Gasteiger charge is -2.23. The van der Waals surface area contributed by atoms with Gasteiger partial charge in [-0.25, -0.2) is 0 Å². The third kappa shape index (κ3) is 2.46. The van der Waals surface area contributed by atoms with Gasteiger partial charge in [0.25, 0.3) is 0 Å². The Morgan fingerprint density at radius 3 is 2.50 bits per heavy atom. The van der Waals surface area contributed by atoms with E-state index in [4.69, 9.17) is 27.9 Å². The second-order valence-electron chi connectivity index (χ2n) is 5.31. The fourth-order valence-electron chi connectivity index (χ4n) is 2.96. The lowest BCUT2D eigenvalue weighted by Crippen LogP contribution is -2.11. The van der Waals surface area contributed by atoms with Gasteiger partial charge in [-0.05, 0) is 17.5 Å². The maximum Gasteiger partial charge on any atom is 0.0911 e. The summed E-state index contributed by atoms with van der Waals surface area (Å²) in [6.45, 7) is 2.96. The molecule has 3 heteroatoms. The Balaban J connectivity index is 2.02. The maximum atomic E-state index is 6.36. The van der Waals surface area contributed by atoms with Crippen LogP contribution in [0.1, 0.15) is 30.1 Å². The molecule has 3 rings (SSSR count). The highest BCUT2D eigenvalue weighted by Crippen LogP contribution is 2.47. The number of hydrogen-bond donors (Lipinski definition) is 0. The minimum atomic E-state index is -0.0291. The molecule has 0 bridgehead atoms. The third-order valence-corrected chi connectivity index (χ3v) is 4.78. The lowest BCUT2D eigenvalue weighted by atomic mass is 9.83. The van der Waals surface area contributed by atoms with Gasteiger partial charge in [-0.1, -0.05) is 72.6 Å². The summed E-state index contributed by atoms with van der Waals surface area (Å²) in [6, 6.07) is 16.2. The Hall–Kier alpha value is -1.02. The van der Waals surface area contributed by atoms with Gasteiger partial charge in [-0.3, -0.25) is 0 Å². The van der Waals surface area contributed by atoms with Crippen molar-refractivity contribution >= 4 is 23.2 Å². The highest BCUT2D eigenvalue weighted by molar-refractivity contribution is 6.42. The van der Waals surface area contributed by atoms with Crippen LogP contribution in [0.2, 0.25) is 10.0 Å². The summed E-state index contributed by atoms with van der Waals surface area (Å²) in [5, 5.41) is 1.19. The minimum absolute atomic E-state index is 0.0291. The number of hydrogen-bond acceptors (Lipinski definition) is 1. The fourth-order valence-corrected chi connectivity index (χ4v) is 3.38. The van der Waals surface area contributed by atoms with Crippen molar-refractivity contribution in [1.29, 1.82) is 0 Å². The largest absolute Gasteiger partial charge is 0.373 e. The molecule has 0 radical (unpaired) electrons. The molecule has 0 spiro atoms. The molecular formula is C17H16Cl2O. The second-order valence-corrected chi connectivity index (χ2v) is 6.10. The smallest absolute Gasteiger partial charge is 0.0911 e. The SMILES string of the molecule is CC1COC(c2cccc(Cl)c2Cl)C1c1ccccc1. The van der Waals surface area contributed by atoms with Crippen LogP contribution < -0.4 is 0 Å². The predicted molar refractivity (Wildman–Crippen MR) is 83.5 cm³/mol. The quantitative estimate of drug-likeness (QED) is 0.713. The van der Waals surface area contributed by atoms with E-state index < -0.39 is 0 Å². The number of rotatable bonds is 2. The molecule has 2 aromatic carbocycles. The average Bonchev–Trinajstić information content (AvgIpc) is 2.84. The topological polar surface area (TPSA) is 9.23 Å². The lowest BCUT2D eigenvalue weighted by molar-refractivity contribution is 0.102. The van der Waals surface area contributed by atoms with Gasteiger partial charge >= 0.3 is 0 Å². The zero-order valence-corrected chi connectivity index (χ0v) is 12.7. The van der Waals surface area contributed by atoms with Gasteiger partial charge in [0, 0.05) is 11.5 Å². The third-order valence-electron chi connectivity index (χ3n) is 3.95. The summed E-state index contributed by atoms with van der Waals surface area (Å²) in [6.07, 6.45) is -0.0291. The van der Waals surface area contributed by atoms with Crippen LogP contribution in [0.3, 0.4) is 0 Å². The zero-order chi connectivity index (χ0) is 14.1. The van der Waals surface area contributed by atoms with E-state index in [1.807, 2.05) is 24.3 Å². The van der Waals surface area contributed by atoms with Gasteiger partial charge in [0.05, 0.1) is 22.8 Å². The van der Waals surface area contributed by atoms with Crippen molar-refractivity contribution in [3.63, 3.8) is 0 Å². The highest BCUT2D eigenvalue weighted by Gasteiger charge is 2.37. The van der Waals surface area contributed by atoms with Crippen molar-refractivity contribution in [1.82, 2.24) is 0 Å². The molecule has 1 nitrogen and oxygen atoms in total. The first-order chi connectivity index (χ1) is 9.68. The second kappa shape index (κ2) is 5.77. The van der Waals surface area contributed by atoms with Crippen LogP contribution in [0, 0.1) is 5.92 Å².